The number of nitrogens with two attached hydrogens (primary N) is 1. The van der Waals surface area contributed by atoms with Gasteiger partial charge in [0, 0.05) is 12.0 Å². The molecule has 1 aromatic heterocycles. The van der Waals surface area contributed by atoms with E-state index in [0.717, 1.165) is 11.1 Å². The van der Waals surface area contributed by atoms with Crippen LogP contribution in [0.2, 0.25) is 10.0 Å². The number of carbonyl (C=O) groups is 2. The summed E-state index contributed by atoms with van der Waals surface area (Å²) in [7, 11) is 0. The molecule has 0 unspecified atom stereocenters. The van der Waals surface area contributed by atoms with Crippen LogP contribution in [0.5, 0.6) is 5.75 Å². The smallest absolute Gasteiger partial charge is 0.320 e. The van der Waals surface area contributed by atoms with Crippen molar-refractivity contribution in [3.8, 4) is 17.0 Å². The Morgan fingerprint density at radius 1 is 1.19 bits per heavy atom. The molecule has 166 valence electrons. The third kappa shape index (κ3) is 5.76. The quantitative estimate of drug-likeness (QED) is 0.422. The van der Waals surface area contributed by atoms with E-state index in [-0.39, 0.29) is 18.8 Å². The Morgan fingerprint density at radius 2 is 1.84 bits per heavy atom. The van der Waals surface area contributed by atoms with Crippen LogP contribution in [-0.4, -0.2) is 28.1 Å². The number of carbonyl (C=O) groups excluding carboxylic acids is 1. The van der Waals surface area contributed by atoms with Crippen molar-refractivity contribution in [1.82, 2.24) is 5.16 Å². The molecule has 3 aromatic rings. The highest BCUT2D eigenvalue weighted by molar-refractivity contribution is 6.39. The number of ether oxygens (including phenoxy) is 1. The molecule has 1 atom stereocenters. The number of nitrogens with zero attached hydrogens (tertiary/aromatic N) is 1. The average molecular weight is 475 g/mol. The van der Waals surface area contributed by atoms with Crippen LogP contribution in [0.1, 0.15) is 23.3 Å². The summed E-state index contributed by atoms with van der Waals surface area (Å²) in [5, 5.41) is 13.8. The van der Waals surface area contributed by atoms with E-state index in [1.807, 2.05) is 0 Å². The molecule has 0 radical (unpaired) electrons. The Balaban J connectivity index is 1.67. The van der Waals surface area contributed by atoms with E-state index < -0.39 is 12.0 Å². The van der Waals surface area contributed by atoms with Gasteiger partial charge >= 0.3 is 5.97 Å². The van der Waals surface area contributed by atoms with Crippen molar-refractivity contribution in [1.29, 1.82) is 0 Å². The molecular formula is C23H20Cl2N2O5. The largest absolute Gasteiger partial charge is 0.489 e. The zero-order valence-corrected chi connectivity index (χ0v) is 18.6. The molecule has 0 saturated heterocycles. The molecule has 0 bridgehead atoms. The molecule has 7 nitrogen and oxygen atoms in total. The summed E-state index contributed by atoms with van der Waals surface area (Å²) in [6.07, 6.45) is 2.63. The maximum atomic E-state index is 11.8. The second-order valence-electron chi connectivity index (χ2n) is 6.97. The highest BCUT2D eigenvalue weighted by Gasteiger charge is 2.20. The molecule has 0 aliphatic heterocycles. The van der Waals surface area contributed by atoms with Gasteiger partial charge in [0.05, 0.1) is 15.6 Å². The van der Waals surface area contributed by atoms with Gasteiger partial charge in [-0.1, -0.05) is 52.6 Å². The van der Waals surface area contributed by atoms with Crippen molar-refractivity contribution < 1.29 is 24.0 Å². The molecule has 0 spiro atoms. The van der Waals surface area contributed by atoms with Gasteiger partial charge in [0.25, 0.3) is 0 Å². The number of carboxylic acid groups (broad SMARTS) is 1. The SMILES string of the molecule is Cc1onc(-c2c(Cl)cccc2Cl)c1COc1ccc(C=CC(=O)C[C@@H](N)C(=O)O)cc1. The van der Waals surface area contributed by atoms with Crippen LogP contribution in [0, 0.1) is 6.92 Å². The van der Waals surface area contributed by atoms with Crippen molar-refractivity contribution >= 4 is 41.0 Å². The minimum atomic E-state index is -1.21. The number of aryl methyl sites for hydroxylation is 1. The number of carboxylic acids is 1. The summed E-state index contributed by atoms with van der Waals surface area (Å²) in [4.78, 5) is 22.5. The van der Waals surface area contributed by atoms with Crippen molar-refractivity contribution in [3.05, 3.63) is 75.5 Å². The van der Waals surface area contributed by atoms with Crippen molar-refractivity contribution in [2.24, 2.45) is 5.73 Å². The zero-order valence-electron chi connectivity index (χ0n) is 17.0. The number of hydrogen-bond donors (Lipinski definition) is 2. The van der Waals surface area contributed by atoms with Crippen LogP contribution in [-0.2, 0) is 16.2 Å². The fourth-order valence-electron chi connectivity index (χ4n) is 2.87. The van der Waals surface area contributed by atoms with E-state index in [1.165, 1.54) is 6.08 Å². The van der Waals surface area contributed by atoms with E-state index >= 15 is 0 Å². The number of benzene rings is 2. The second-order valence-corrected chi connectivity index (χ2v) is 7.78. The highest BCUT2D eigenvalue weighted by atomic mass is 35.5. The third-order valence-electron chi connectivity index (χ3n) is 4.65. The number of aliphatic carboxylic acids is 1. The van der Waals surface area contributed by atoms with Gasteiger partial charge in [0.2, 0.25) is 0 Å². The number of halogens is 2. The lowest BCUT2D eigenvalue weighted by Crippen LogP contribution is -2.32. The van der Waals surface area contributed by atoms with Crippen LogP contribution in [0.25, 0.3) is 17.3 Å². The second kappa shape index (κ2) is 10.5. The number of rotatable bonds is 9. The molecule has 32 heavy (non-hydrogen) atoms. The Bertz CT molecular complexity index is 1140. The van der Waals surface area contributed by atoms with Crippen LogP contribution in [0.4, 0.5) is 0 Å². The van der Waals surface area contributed by atoms with E-state index in [0.29, 0.717) is 32.8 Å². The predicted molar refractivity (Wildman–Crippen MR) is 122 cm³/mol. The third-order valence-corrected chi connectivity index (χ3v) is 5.28. The Morgan fingerprint density at radius 3 is 2.47 bits per heavy atom. The number of ketones is 1. The summed E-state index contributed by atoms with van der Waals surface area (Å²) < 4.78 is 11.2. The number of hydrogen-bond acceptors (Lipinski definition) is 6. The molecule has 3 rings (SSSR count). The van der Waals surface area contributed by atoms with Crippen molar-refractivity contribution in [2.45, 2.75) is 26.0 Å². The molecular weight excluding hydrogens is 455 g/mol. The first-order valence-electron chi connectivity index (χ1n) is 9.58. The number of aromatic nitrogens is 1. The molecule has 0 amide bonds. The molecule has 0 aliphatic carbocycles. The Kier molecular flexibility index (Phi) is 7.69. The molecule has 1 heterocycles. The maximum Gasteiger partial charge on any atom is 0.320 e. The van der Waals surface area contributed by atoms with Crippen LogP contribution in [0.3, 0.4) is 0 Å². The molecule has 9 heteroatoms. The van der Waals surface area contributed by atoms with Gasteiger partial charge in [0.1, 0.15) is 29.9 Å². The first-order chi connectivity index (χ1) is 15.3. The molecule has 2 aromatic carbocycles. The maximum absolute atomic E-state index is 11.8. The highest BCUT2D eigenvalue weighted by Crippen LogP contribution is 2.37. The monoisotopic (exact) mass is 474 g/mol. The van der Waals surface area contributed by atoms with Crippen LogP contribution in [0.15, 0.2) is 53.1 Å². The normalized spacial score (nSPS) is 12.1. The summed E-state index contributed by atoms with van der Waals surface area (Å²) in [5.74, 6) is -0.392. The zero-order chi connectivity index (χ0) is 23.3. The topological polar surface area (TPSA) is 116 Å². The van der Waals surface area contributed by atoms with E-state index in [4.69, 9.17) is 43.3 Å². The fraction of sp³-hybridized carbons (Fsp3) is 0.174. The Hall–Kier alpha value is -3.13. The van der Waals surface area contributed by atoms with Crippen LogP contribution >= 0.6 is 23.2 Å². The first kappa shape index (κ1) is 23.5. The summed E-state index contributed by atoms with van der Waals surface area (Å²) in [5.41, 5.74) is 7.94. The average Bonchev–Trinajstić information content (AvgIpc) is 3.11. The van der Waals surface area contributed by atoms with Gasteiger partial charge in [-0.05, 0) is 42.8 Å². The predicted octanol–water partition coefficient (Wildman–Crippen LogP) is 4.92. The molecule has 3 N–H and O–H groups in total. The van der Waals surface area contributed by atoms with Gasteiger partial charge in [-0.15, -0.1) is 0 Å². The number of allylic oxidation sites excluding steroid dienone is 1. The van der Waals surface area contributed by atoms with Gasteiger partial charge in [-0.3, -0.25) is 9.59 Å². The summed E-state index contributed by atoms with van der Waals surface area (Å²) >= 11 is 12.6. The lowest BCUT2D eigenvalue weighted by atomic mass is 10.1. The standard InChI is InChI=1S/C23H20Cl2N2O5/c1-13-17(22(27-32-13)21-18(24)3-2-4-19(21)25)12-31-16-9-6-14(7-10-16)5-8-15(28)11-20(26)23(29)30/h2-10,20H,11-12,26H2,1H3,(H,29,30)/t20-/m1/s1. The molecule has 0 aliphatic rings. The van der Waals surface area contributed by atoms with E-state index in [2.05, 4.69) is 5.16 Å². The van der Waals surface area contributed by atoms with Gasteiger partial charge in [0.15, 0.2) is 5.78 Å². The lowest BCUT2D eigenvalue weighted by Gasteiger charge is -2.09. The van der Waals surface area contributed by atoms with Gasteiger partial charge < -0.3 is 20.1 Å². The summed E-state index contributed by atoms with van der Waals surface area (Å²) in [6.45, 7) is 1.97. The van der Waals surface area contributed by atoms with Crippen molar-refractivity contribution in [2.75, 3.05) is 0 Å². The lowest BCUT2D eigenvalue weighted by molar-refractivity contribution is -0.139. The van der Waals surface area contributed by atoms with Crippen LogP contribution < -0.4 is 10.5 Å². The van der Waals surface area contributed by atoms with Crippen molar-refractivity contribution in [3.63, 3.8) is 0 Å². The van der Waals surface area contributed by atoms with E-state index in [9.17, 15) is 9.59 Å². The molecule has 0 saturated carbocycles. The van der Waals surface area contributed by atoms with Gasteiger partial charge in [-0.25, -0.2) is 0 Å². The first-order valence-corrected chi connectivity index (χ1v) is 10.3. The van der Waals surface area contributed by atoms with Gasteiger partial charge in [-0.2, -0.15) is 0 Å². The minimum Gasteiger partial charge on any atom is -0.489 e. The summed E-state index contributed by atoms with van der Waals surface area (Å²) in [6, 6.07) is 11.0. The fourth-order valence-corrected chi connectivity index (χ4v) is 3.45. The minimum absolute atomic E-state index is 0.187. The molecule has 0 fully saturated rings. The van der Waals surface area contributed by atoms with E-state index in [1.54, 1.807) is 55.5 Å². The Labute approximate surface area is 194 Å².